The first kappa shape index (κ1) is 16.2. The van der Waals surface area contributed by atoms with Gasteiger partial charge in [0.15, 0.2) is 0 Å². The molecule has 0 aromatic carbocycles. The number of ether oxygens (including phenoxy) is 1. The van der Waals surface area contributed by atoms with Gasteiger partial charge in [-0.2, -0.15) is 30.7 Å². The molecule has 1 unspecified atom stereocenters. The summed E-state index contributed by atoms with van der Waals surface area (Å²) in [7, 11) is 0. The summed E-state index contributed by atoms with van der Waals surface area (Å²) in [5.41, 5.74) is 0. The molecule has 102 valence electrons. The number of alkyl halides is 9. The Morgan fingerprint density at radius 3 is 1.59 bits per heavy atom. The van der Waals surface area contributed by atoms with Crippen LogP contribution in [0.25, 0.3) is 0 Å². The fourth-order valence-electron chi connectivity index (χ4n) is 0.434. The molecule has 0 saturated carbocycles. The van der Waals surface area contributed by atoms with Crippen LogP contribution in [-0.2, 0) is 9.53 Å². The quantitative estimate of drug-likeness (QED) is 0.641. The number of carbonyl (C=O) groups is 1. The van der Waals surface area contributed by atoms with Crippen molar-refractivity contribution in [2.24, 2.45) is 0 Å². The number of rotatable bonds is 4. The van der Waals surface area contributed by atoms with Gasteiger partial charge in [-0.3, -0.25) is 0 Å². The Morgan fingerprint density at radius 2 is 1.35 bits per heavy atom. The van der Waals surface area contributed by atoms with E-state index in [1.807, 2.05) is 4.74 Å². The molecule has 0 radical (unpaired) electrons. The van der Waals surface area contributed by atoms with Crippen LogP contribution >= 0.6 is 11.6 Å². The minimum Gasteiger partial charge on any atom is -0.475 e. The molecular formula is C5HClF8O3. The maximum Gasteiger partial charge on any atom is 0.460 e. The minimum atomic E-state index is -6.47. The summed E-state index contributed by atoms with van der Waals surface area (Å²) in [4.78, 5) is 9.62. The Labute approximate surface area is 91.9 Å². The lowest BCUT2D eigenvalue weighted by Gasteiger charge is -2.30. The topological polar surface area (TPSA) is 46.5 Å². The number of carboxylic acids is 1. The number of aliphatic carboxylic acids is 1. The Hall–Kier alpha value is -0.840. The van der Waals surface area contributed by atoms with Gasteiger partial charge in [-0.05, 0) is 0 Å². The van der Waals surface area contributed by atoms with Crippen LogP contribution in [0.5, 0.6) is 0 Å². The molecule has 0 fully saturated rings. The fourth-order valence-corrected chi connectivity index (χ4v) is 0.472. The van der Waals surface area contributed by atoms with E-state index >= 15 is 0 Å². The average molecular weight is 296 g/mol. The van der Waals surface area contributed by atoms with Gasteiger partial charge in [-0.15, -0.1) is 0 Å². The van der Waals surface area contributed by atoms with Gasteiger partial charge in [0, 0.05) is 0 Å². The van der Waals surface area contributed by atoms with Crippen LogP contribution in [0, 0.1) is 0 Å². The van der Waals surface area contributed by atoms with Crippen molar-refractivity contribution in [3.63, 3.8) is 0 Å². The lowest BCUT2D eigenvalue weighted by Crippen LogP contribution is -2.56. The summed E-state index contributed by atoms with van der Waals surface area (Å²) in [5.74, 6) is -3.34. The van der Waals surface area contributed by atoms with Crippen LogP contribution in [0.4, 0.5) is 35.1 Å². The van der Waals surface area contributed by atoms with E-state index in [2.05, 4.69) is 11.6 Å². The van der Waals surface area contributed by atoms with Crippen molar-refractivity contribution >= 4 is 17.6 Å². The van der Waals surface area contributed by atoms with Gasteiger partial charge in [0.05, 0.1) is 0 Å². The SMILES string of the molecule is O=C(O)C(F)(F)OC(F)(F)C(F)(Cl)C(F)(F)F. The van der Waals surface area contributed by atoms with Crippen molar-refractivity contribution in [3.8, 4) is 0 Å². The maximum absolute atomic E-state index is 12.4. The van der Waals surface area contributed by atoms with Gasteiger partial charge in [0.2, 0.25) is 0 Å². The van der Waals surface area contributed by atoms with E-state index in [9.17, 15) is 39.9 Å². The maximum atomic E-state index is 12.4. The summed E-state index contributed by atoms with van der Waals surface area (Å²) in [6.45, 7) is 0. The van der Waals surface area contributed by atoms with Crippen LogP contribution in [0.3, 0.4) is 0 Å². The molecule has 0 rings (SSSR count). The summed E-state index contributed by atoms with van der Waals surface area (Å²) < 4.78 is 98.2. The monoisotopic (exact) mass is 296 g/mol. The molecule has 0 aliphatic heterocycles. The van der Waals surface area contributed by atoms with Gasteiger partial charge >= 0.3 is 29.5 Å². The number of halogens is 9. The molecule has 1 atom stereocenters. The molecule has 0 heterocycles. The molecule has 0 aliphatic carbocycles. The molecule has 17 heavy (non-hydrogen) atoms. The van der Waals surface area contributed by atoms with Crippen LogP contribution < -0.4 is 0 Å². The summed E-state index contributed by atoms with van der Waals surface area (Å²) in [5, 5.41) is 1.62. The van der Waals surface area contributed by atoms with E-state index < -0.39 is 29.5 Å². The Bertz CT molecular complexity index is 311. The molecule has 0 aromatic rings. The van der Waals surface area contributed by atoms with Crippen molar-refractivity contribution in [1.82, 2.24) is 0 Å². The van der Waals surface area contributed by atoms with Gasteiger partial charge in [-0.25, -0.2) is 13.9 Å². The highest BCUT2D eigenvalue weighted by Gasteiger charge is 2.75. The van der Waals surface area contributed by atoms with E-state index in [0.29, 0.717) is 0 Å². The summed E-state index contributed by atoms with van der Waals surface area (Å²) >= 11 is 3.72. The zero-order valence-corrected chi connectivity index (χ0v) is 7.92. The predicted octanol–water partition coefficient (Wildman–Crippen LogP) is 2.74. The van der Waals surface area contributed by atoms with Crippen molar-refractivity contribution in [3.05, 3.63) is 0 Å². The average Bonchev–Trinajstić information content (AvgIpc) is 1.98. The van der Waals surface area contributed by atoms with Crippen molar-refractivity contribution in [2.75, 3.05) is 0 Å². The van der Waals surface area contributed by atoms with Crippen LogP contribution in [0.1, 0.15) is 0 Å². The van der Waals surface area contributed by atoms with E-state index in [0.717, 1.165) is 0 Å². The Morgan fingerprint density at radius 1 is 1.00 bits per heavy atom. The van der Waals surface area contributed by atoms with Crippen molar-refractivity contribution < 1.29 is 49.8 Å². The zero-order chi connectivity index (χ0) is 14.3. The molecule has 3 nitrogen and oxygen atoms in total. The molecule has 0 aliphatic rings. The van der Waals surface area contributed by atoms with Crippen LogP contribution in [0.15, 0.2) is 0 Å². The first-order valence-corrected chi connectivity index (χ1v) is 3.66. The Balaban J connectivity index is 5.24. The lowest BCUT2D eigenvalue weighted by molar-refractivity contribution is -0.416. The zero-order valence-electron chi connectivity index (χ0n) is 7.17. The van der Waals surface area contributed by atoms with Crippen LogP contribution in [-0.4, -0.2) is 34.6 Å². The second kappa shape index (κ2) is 4.12. The summed E-state index contributed by atoms with van der Waals surface area (Å²) in [6, 6.07) is 0. The van der Waals surface area contributed by atoms with E-state index in [-0.39, 0.29) is 0 Å². The van der Waals surface area contributed by atoms with Crippen molar-refractivity contribution in [2.45, 2.75) is 23.5 Å². The molecule has 12 heteroatoms. The van der Waals surface area contributed by atoms with Crippen molar-refractivity contribution in [1.29, 1.82) is 0 Å². The summed E-state index contributed by atoms with van der Waals surface area (Å²) in [6.07, 6.45) is -18.5. The van der Waals surface area contributed by atoms with Gasteiger partial charge in [0.1, 0.15) is 0 Å². The highest BCUT2D eigenvalue weighted by molar-refractivity contribution is 6.24. The van der Waals surface area contributed by atoms with Gasteiger partial charge < -0.3 is 5.11 Å². The largest absolute Gasteiger partial charge is 0.475 e. The van der Waals surface area contributed by atoms with E-state index in [4.69, 9.17) is 5.11 Å². The smallest absolute Gasteiger partial charge is 0.460 e. The normalized spacial score (nSPS) is 17.7. The molecule has 0 aromatic heterocycles. The lowest BCUT2D eigenvalue weighted by atomic mass is 10.3. The molecule has 0 bridgehead atoms. The molecule has 0 amide bonds. The Kier molecular flexibility index (Phi) is 3.92. The fraction of sp³-hybridized carbons (Fsp3) is 0.800. The first-order valence-electron chi connectivity index (χ1n) is 3.29. The third-order valence-corrected chi connectivity index (χ3v) is 1.66. The second-order valence-corrected chi connectivity index (χ2v) is 3.03. The predicted molar refractivity (Wildman–Crippen MR) is 34.4 cm³/mol. The third-order valence-electron chi connectivity index (χ3n) is 1.23. The standard InChI is InChI=1S/C5HClF8O3/c6-3(9,4(10,11)12)5(13,14)17-2(7,8)1(15)16/h(H,15,16). The first-order chi connectivity index (χ1) is 7.15. The molecule has 0 spiro atoms. The van der Waals surface area contributed by atoms with Crippen LogP contribution in [0.2, 0.25) is 0 Å². The minimum absolute atomic E-state index is 1.98. The molecule has 0 saturated heterocycles. The molecular weight excluding hydrogens is 295 g/mol. The van der Waals surface area contributed by atoms with Gasteiger partial charge in [-0.1, -0.05) is 11.6 Å². The molecule has 1 N–H and O–H groups in total. The van der Waals surface area contributed by atoms with Gasteiger partial charge in [0.25, 0.3) is 0 Å². The number of hydrogen-bond acceptors (Lipinski definition) is 2. The highest BCUT2D eigenvalue weighted by Crippen LogP contribution is 2.50. The highest BCUT2D eigenvalue weighted by atomic mass is 35.5. The van der Waals surface area contributed by atoms with E-state index in [1.54, 1.807) is 0 Å². The second-order valence-electron chi connectivity index (χ2n) is 2.51. The number of hydrogen-bond donors (Lipinski definition) is 1. The number of carboxylic acid groups (broad SMARTS) is 1. The van der Waals surface area contributed by atoms with E-state index in [1.165, 1.54) is 0 Å². The third kappa shape index (κ3) is 3.09.